The van der Waals surface area contributed by atoms with Gasteiger partial charge in [0.2, 0.25) is 0 Å². The van der Waals surface area contributed by atoms with Gasteiger partial charge in [0, 0.05) is 10.6 Å². The molecular weight excluding hydrogens is 379 g/mol. The minimum Gasteiger partial charge on any atom is -0.507 e. The largest absolute Gasteiger partial charge is 0.507 e. The van der Waals surface area contributed by atoms with Gasteiger partial charge in [0.05, 0.1) is 0 Å². The molecule has 4 heteroatoms. The average molecular weight is 409 g/mol. The highest BCUT2D eigenvalue weighted by Crippen LogP contribution is 2.49. The summed E-state index contributed by atoms with van der Waals surface area (Å²) in [5.74, 6) is 0.735. The second-order valence-electron chi connectivity index (χ2n) is 8.16. The summed E-state index contributed by atoms with van der Waals surface area (Å²) in [4.78, 5) is 0. The van der Waals surface area contributed by atoms with Gasteiger partial charge < -0.3 is 10.2 Å². The topological polar surface area (TPSA) is 40.5 Å². The molecule has 3 rings (SSSR count). The van der Waals surface area contributed by atoms with Crippen molar-refractivity contribution < 1.29 is 10.2 Å². The Labute approximate surface area is 170 Å². The van der Waals surface area contributed by atoms with Crippen molar-refractivity contribution in [2.24, 2.45) is 0 Å². The van der Waals surface area contributed by atoms with E-state index in [1.165, 1.54) is 5.19 Å². The Morgan fingerprint density at radius 2 is 1.11 bits per heavy atom. The zero-order chi connectivity index (χ0) is 20.6. The van der Waals surface area contributed by atoms with Crippen molar-refractivity contribution >= 4 is 31.0 Å². The fraction of sp³-hybridized carbons (Fsp3) is 0.250. The third kappa shape index (κ3) is 3.74. The van der Waals surface area contributed by atoms with Crippen molar-refractivity contribution in [2.75, 3.05) is 0 Å². The first-order valence-electron chi connectivity index (χ1n) is 9.59. The molecule has 0 bridgehead atoms. The highest BCUT2D eigenvalue weighted by molar-refractivity contribution is 8.06. The van der Waals surface area contributed by atoms with Gasteiger partial charge in [0.15, 0.2) is 0 Å². The number of hydrogen-bond acceptors (Lipinski definition) is 2. The molecule has 0 aliphatic rings. The predicted molar refractivity (Wildman–Crippen MR) is 125 cm³/mol. The summed E-state index contributed by atoms with van der Waals surface area (Å²) in [5.41, 5.74) is 4.06. The molecule has 0 amide bonds. The minimum absolute atomic E-state index is 0.367. The van der Waals surface area contributed by atoms with Crippen LogP contribution in [0.5, 0.6) is 11.5 Å². The van der Waals surface area contributed by atoms with E-state index >= 15 is 0 Å². The molecule has 0 fully saturated rings. The third-order valence-corrected chi connectivity index (χ3v) is 15.5. The van der Waals surface area contributed by atoms with E-state index in [4.69, 9.17) is 0 Å². The Hall–Kier alpha value is -2.09. The summed E-state index contributed by atoms with van der Waals surface area (Å²) in [6, 6.07) is 18.9. The lowest BCUT2D eigenvalue weighted by Crippen LogP contribution is -2.45. The van der Waals surface area contributed by atoms with Crippen molar-refractivity contribution in [3.05, 3.63) is 76.9 Å². The van der Waals surface area contributed by atoms with Gasteiger partial charge in [0.1, 0.15) is 19.2 Å². The van der Waals surface area contributed by atoms with Crippen LogP contribution in [0.1, 0.15) is 22.3 Å². The lowest BCUT2D eigenvalue weighted by Gasteiger charge is -2.36. The summed E-state index contributed by atoms with van der Waals surface area (Å²) in [6.07, 6.45) is 0. The molecular formula is C24H29O2PSi. The van der Waals surface area contributed by atoms with Crippen molar-refractivity contribution in [3.8, 4) is 11.5 Å². The van der Waals surface area contributed by atoms with E-state index in [0.717, 1.165) is 32.9 Å². The van der Waals surface area contributed by atoms with Crippen LogP contribution in [0.15, 0.2) is 54.6 Å². The zero-order valence-corrected chi connectivity index (χ0v) is 19.4. The molecule has 0 saturated heterocycles. The van der Waals surface area contributed by atoms with Crippen LogP contribution < -0.4 is 15.8 Å². The number of benzene rings is 3. The number of rotatable bonds is 4. The second-order valence-corrected chi connectivity index (χ2v) is 18.2. The lowest BCUT2D eigenvalue weighted by atomic mass is 10.1. The molecule has 3 aromatic carbocycles. The molecule has 0 aromatic heterocycles. The summed E-state index contributed by atoms with van der Waals surface area (Å²) < 4.78 is 0. The van der Waals surface area contributed by atoms with Gasteiger partial charge in [-0.25, -0.2) is 0 Å². The van der Waals surface area contributed by atoms with Crippen LogP contribution >= 0.6 is 7.47 Å². The van der Waals surface area contributed by atoms with Crippen LogP contribution in [0.4, 0.5) is 0 Å². The van der Waals surface area contributed by atoms with Crippen LogP contribution in [0.25, 0.3) is 0 Å². The summed E-state index contributed by atoms with van der Waals surface area (Å²) >= 11 is 0. The van der Waals surface area contributed by atoms with E-state index in [0.29, 0.717) is 11.5 Å². The van der Waals surface area contributed by atoms with Crippen LogP contribution in [-0.2, 0) is 0 Å². The van der Waals surface area contributed by atoms with E-state index in [9.17, 15) is 10.2 Å². The van der Waals surface area contributed by atoms with Crippen LogP contribution in [0.3, 0.4) is 0 Å². The fourth-order valence-corrected chi connectivity index (χ4v) is 14.0. The van der Waals surface area contributed by atoms with E-state index in [1.807, 2.05) is 32.0 Å². The highest BCUT2D eigenvalue weighted by atomic mass is 31.4. The first-order valence-corrected chi connectivity index (χ1v) is 14.8. The molecule has 0 spiro atoms. The van der Waals surface area contributed by atoms with Crippen molar-refractivity contribution in [1.29, 1.82) is 0 Å². The van der Waals surface area contributed by atoms with Gasteiger partial charge in [-0.05, 0) is 69.6 Å². The smallest absolute Gasteiger partial charge is 0.126 e. The van der Waals surface area contributed by atoms with E-state index in [1.54, 1.807) is 0 Å². The minimum atomic E-state index is -2.10. The van der Waals surface area contributed by atoms with Gasteiger partial charge in [-0.2, -0.15) is 0 Å². The monoisotopic (exact) mass is 408 g/mol. The molecule has 0 radical (unpaired) electrons. The van der Waals surface area contributed by atoms with E-state index in [-0.39, 0.29) is 0 Å². The van der Waals surface area contributed by atoms with Crippen molar-refractivity contribution in [2.45, 2.75) is 40.8 Å². The Balaban J connectivity index is 2.37. The maximum atomic E-state index is 11.1. The maximum absolute atomic E-state index is 11.1. The molecule has 0 atom stereocenters. The molecule has 2 nitrogen and oxygen atoms in total. The first kappa shape index (κ1) is 20.6. The summed E-state index contributed by atoms with van der Waals surface area (Å²) in [7, 11) is -3.04. The normalized spacial score (nSPS) is 11.8. The quantitative estimate of drug-likeness (QED) is 0.477. The molecule has 2 N–H and O–H groups in total. The predicted octanol–water partition coefficient (Wildman–Crippen LogP) is 4.88. The Kier molecular flexibility index (Phi) is 5.70. The van der Waals surface area contributed by atoms with Crippen molar-refractivity contribution in [3.63, 3.8) is 0 Å². The van der Waals surface area contributed by atoms with Crippen molar-refractivity contribution in [1.82, 2.24) is 0 Å². The molecule has 28 heavy (non-hydrogen) atoms. The zero-order valence-electron chi connectivity index (χ0n) is 17.5. The fourth-order valence-electron chi connectivity index (χ4n) is 3.92. The van der Waals surface area contributed by atoms with E-state index in [2.05, 4.69) is 63.3 Å². The molecule has 3 aromatic rings. The third-order valence-electron chi connectivity index (χ3n) is 5.37. The van der Waals surface area contributed by atoms with Crippen LogP contribution in [-0.4, -0.2) is 18.0 Å². The second kappa shape index (κ2) is 7.73. The summed E-state index contributed by atoms with van der Waals surface area (Å²) in [5, 5.41) is 25.4. The number of aromatic hydroxyl groups is 2. The van der Waals surface area contributed by atoms with Crippen LogP contribution in [0.2, 0.25) is 13.1 Å². The number of aryl methyl sites for hydroxylation is 4. The highest BCUT2D eigenvalue weighted by Gasteiger charge is 2.39. The van der Waals surface area contributed by atoms with Gasteiger partial charge in [-0.1, -0.05) is 60.7 Å². The molecule has 0 aliphatic heterocycles. The molecule has 146 valence electrons. The van der Waals surface area contributed by atoms with Crippen LogP contribution in [0, 0.1) is 27.7 Å². The standard InChI is InChI=1S/C24H29O2PSi/c1-16-12-18(3)23(25)21(14-16)27(22-15-17(2)13-19(4)24(22)26)28(5,6)20-10-8-7-9-11-20/h7-15,25-26H,1-6H3. The van der Waals surface area contributed by atoms with Gasteiger partial charge in [0.25, 0.3) is 0 Å². The Morgan fingerprint density at radius 1 is 0.679 bits per heavy atom. The summed E-state index contributed by atoms with van der Waals surface area (Å²) in [6.45, 7) is 12.8. The van der Waals surface area contributed by atoms with Gasteiger partial charge in [-0.15, -0.1) is 0 Å². The molecule has 0 aliphatic carbocycles. The SMILES string of the molecule is Cc1cc(C)c(O)c(P(c2cc(C)cc(C)c2O)[Si](C)(C)c2ccccc2)c1. The molecule has 0 saturated carbocycles. The number of hydrogen-bond donors (Lipinski definition) is 2. The van der Waals surface area contributed by atoms with E-state index < -0.39 is 15.2 Å². The molecule has 0 unspecified atom stereocenters. The Bertz CT molecular complexity index is 955. The first-order chi connectivity index (χ1) is 13.1. The average Bonchev–Trinajstić information content (AvgIpc) is 2.63. The Morgan fingerprint density at radius 3 is 1.54 bits per heavy atom. The molecule has 0 heterocycles. The number of phenols is 2. The number of phenolic OH excluding ortho intramolecular Hbond substituents is 2. The lowest BCUT2D eigenvalue weighted by molar-refractivity contribution is 0.475. The van der Waals surface area contributed by atoms with Gasteiger partial charge >= 0.3 is 0 Å². The maximum Gasteiger partial charge on any atom is 0.126 e. The van der Waals surface area contributed by atoms with Gasteiger partial charge in [-0.3, -0.25) is 0 Å².